The van der Waals surface area contributed by atoms with Crippen molar-refractivity contribution in [1.82, 2.24) is 9.38 Å². The summed E-state index contributed by atoms with van der Waals surface area (Å²) in [4.78, 5) is 26.0. The highest BCUT2D eigenvalue weighted by molar-refractivity contribution is 5.85. The Hall–Kier alpha value is -2.17. The molecule has 2 heterocycles. The van der Waals surface area contributed by atoms with Crippen LogP contribution in [0.3, 0.4) is 0 Å². The first-order chi connectivity index (χ1) is 7.08. The highest BCUT2D eigenvalue weighted by Gasteiger charge is 2.07. The second kappa shape index (κ2) is 3.20. The molecule has 2 aromatic heterocycles. The first-order valence-electron chi connectivity index (χ1n) is 4.31. The largest absolute Gasteiger partial charge is 0.477 e. The summed E-state index contributed by atoms with van der Waals surface area (Å²) in [5.41, 5.74) is 0.630. The molecule has 15 heavy (non-hydrogen) atoms. The lowest BCUT2D eigenvalue weighted by atomic mass is 10.3. The van der Waals surface area contributed by atoms with Gasteiger partial charge in [0.25, 0.3) is 5.56 Å². The number of aromatic carboxylic acids is 1. The number of nitrogens with zero attached hydrogens (tertiary/aromatic N) is 2. The topological polar surface area (TPSA) is 71.7 Å². The molecule has 1 N–H and O–H groups in total. The maximum absolute atomic E-state index is 11.5. The first-order valence-corrected chi connectivity index (χ1v) is 4.31. The molecule has 0 saturated carbocycles. The van der Waals surface area contributed by atoms with Crippen molar-refractivity contribution in [1.29, 1.82) is 0 Å². The molecule has 0 unspecified atom stereocenters. The Morgan fingerprint density at radius 1 is 1.47 bits per heavy atom. The second-order valence-corrected chi connectivity index (χ2v) is 3.22. The van der Waals surface area contributed by atoms with Gasteiger partial charge in [-0.3, -0.25) is 9.20 Å². The Kier molecular flexibility index (Phi) is 2.00. The quantitative estimate of drug-likeness (QED) is 0.742. The van der Waals surface area contributed by atoms with Gasteiger partial charge < -0.3 is 5.11 Å². The Balaban J connectivity index is 2.84. The van der Waals surface area contributed by atoms with Gasteiger partial charge in [0.2, 0.25) is 0 Å². The zero-order valence-electron chi connectivity index (χ0n) is 7.97. The van der Waals surface area contributed by atoms with Crippen LogP contribution >= 0.6 is 0 Å². The Bertz CT molecular complexity index is 601. The SMILES string of the molecule is Cc1ccc2nc(C(=O)O)cc(=O)n2c1. The van der Waals surface area contributed by atoms with Gasteiger partial charge in [-0.05, 0) is 18.6 Å². The lowest BCUT2D eigenvalue weighted by Crippen LogP contribution is -2.17. The molecule has 0 radical (unpaired) electrons. The van der Waals surface area contributed by atoms with Crippen LogP contribution in [-0.4, -0.2) is 20.5 Å². The average molecular weight is 204 g/mol. The number of pyridine rings is 1. The van der Waals surface area contributed by atoms with Gasteiger partial charge in [0.05, 0.1) is 0 Å². The van der Waals surface area contributed by atoms with Gasteiger partial charge in [0, 0.05) is 12.3 Å². The van der Waals surface area contributed by atoms with E-state index in [-0.39, 0.29) is 11.3 Å². The molecule has 0 amide bonds. The molecule has 0 aliphatic carbocycles. The van der Waals surface area contributed by atoms with Crippen molar-refractivity contribution >= 4 is 11.6 Å². The van der Waals surface area contributed by atoms with Crippen molar-refractivity contribution in [3.8, 4) is 0 Å². The molecule has 5 heteroatoms. The maximum atomic E-state index is 11.5. The van der Waals surface area contributed by atoms with Crippen LogP contribution in [0.4, 0.5) is 0 Å². The molecule has 0 fully saturated rings. The number of rotatable bonds is 1. The van der Waals surface area contributed by atoms with Crippen molar-refractivity contribution in [3.63, 3.8) is 0 Å². The number of carboxylic acid groups (broad SMARTS) is 1. The van der Waals surface area contributed by atoms with Crippen molar-refractivity contribution in [3.05, 3.63) is 46.0 Å². The van der Waals surface area contributed by atoms with Gasteiger partial charge in [0.1, 0.15) is 5.65 Å². The van der Waals surface area contributed by atoms with Gasteiger partial charge >= 0.3 is 5.97 Å². The van der Waals surface area contributed by atoms with Crippen LogP contribution in [-0.2, 0) is 0 Å². The molecule has 5 nitrogen and oxygen atoms in total. The lowest BCUT2D eigenvalue weighted by molar-refractivity contribution is 0.0690. The highest BCUT2D eigenvalue weighted by atomic mass is 16.4. The van der Waals surface area contributed by atoms with Crippen molar-refractivity contribution < 1.29 is 9.90 Å². The van der Waals surface area contributed by atoms with Gasteiger partial charge in [-0.15, -0.1) is 0 Å². The fourth-order valence-electron chi connectivity index (χ4n) is 1.32. The zero-order valence-corrected chi connectivity index (χ0v) is 7.97. The first kappa shape index (κ1) is 9.39. The average Bonchev–Trinajstić information content (AvgIpc) is 2.18. The summed E-state index contributed by atoms with van der Waals surface area (Å²) in [6.07, 6.45) is 1.62. The van der Waals surface area contributed by atoms with Crippen LogP contribution < -0.4 is 5.56 Å². The van der Waals surface area contributed by atoms with Crippen LogP contribution in [0.2, 0.25) is 0 Å². The third kappa shape index (κ3) is 1.59. The van der Waals surface area contributed by atoms with E-state index in [0.29, 0.717) is 5.65 Å². The van der Waals surface area contributed by atoms with E-state index < -0.39 is 5.97 Å². The minimum Gasteiger partial charge on any atom is -0.477 e. The normalized spacial score (nSPS) is 10.5. The number of aromatic nitrogens is 2. The summed E-state index contributed by atoms with van der Waals surface area (Å²) in [6.45, 7) is 1.84. The number of carbonyl (C=O) groups is 1. The zero-order chi connectivity index (χ0) is 11.0. The van der Waals surface area contributed by atoms with Crippen molar-refractivity contribution in [2.24, 2.45) is 0 Å². The van der Waals surface area contributed by atoms with E-state index in [9.17, 15) is 9.59 Å². The standard InChI is InChI=1S/C10H8N2O3/c1-6-2-3-8-11-7(10(14)15)4-9(13)12(8)5-6/h2-5H,1H3,(H,14,15). The molecule has 0 saturated heterocycles. The Morgan fingerprint density at radius 3 is 2.87 bits per heavy atom. The predicted molar refractivity (Wildman–Crippen MR) is 53.2 cm³/mol. The maximum Gasteiger partial charge on any atom is 0.354 e. The Morgan fingerprint density at radius 2 is 2.20 bits per heavy atom. The molecule has 0 aliphatic rings. The van der Waals surface area contributed by atoms with Crippen molar-refractivity contribution in [2.75, 3.05) is 0 Å². The molecule has 0 atom stereocenters. The molecule has 0 bridgehead atoms. The number of aryl methyl sites for hydroxylation is 1. The fourth-order valence-corrected chi connectivity index (χ4v) is 1.32. The summed E-state index contributed by atoms with van der Waals surface area (Å²) in [6, 6.07) is 4.39. The van der Waals surface area contributed by atoms with Crippen LogP contribution in [0.5, 0.6) is 0 Å². The number of hydrogen-bond acceptors (Lipinski definition) is 3. The van der Waals surface area contributed by atoms with Gasteiger partial charge in [-0.2, -0.15) is 0 Å². The monoisotopic (exact) mass is 204 g/mol. The fraction of sp³-hybridized carbons (Fsp3) is 0.100. The van der Waals surface area contributed by atoms with Gasteiger partial charge in [0.15, 0.2) is 5.69 Å². The van der Waals surface area contributed by atoms with Crippen molar-refractivity contribution in [2.45, 2.75) is 6.92 Å². The van der Waals surface area contributed by atoms with Crippen LogP contribution in [0.15, 0.2) is 29.2 Å². The third-order valence-electron chi connectivity index (χ3n) is 2.03. The van der Waals surface area contributed by atoms with Crippen LogP contribution in [0.25, 0.3) is 5.65 Å². The third-order valence-corrected chi connectivity index (χ3v) is 2.03. The minimum atomic E-state index is -1.20. The minimum absolute atomic E-state index is 0.233. The Labute approximate surface area is 84.6 Å². The molecule has 0 aromatic carbocycles. The van der Waals surface area contributed by atoms with E-state index in [1.165, 1.54) is 4.40 Å². The van der Waals surface area contributed by atoms with Gasteiger partial charge in [-0.1, -0.05) is 6.07 Å². The summed E-state index contributed by atoms with van der Waals surface area (Å²) >= 11 is 0. The summed E-state index contributed by atoms with van der Waals surface area (Å²) in [5.74, 6) is -1.20. The molecular weight excluding hydrogens is 196 g/mol. The van der Waals surface area contributed by atoms with E-state index >= 15 is 0 Å². The molecule has 76 valence electrons. The van der Waals surface area contributed by atoms with Crippen LogP contribution in [0.1, 0.15) is 16.1 Å². The van der Waals surface area contributed by atoms with Crippen LogP contribution in [0, 0.1) is 6.92 Å². The summed E-state index contributed by atoms with van der Waals surface area (Å²) in [7, 11) is 0. The predicted octanol–water partition coefficient (Wildman–Crippen LogP) is 0.701. The highest BCUT2D eigenvalue weighted by Crippen LogP contribution is 2.02. The van der Waals surface area contributed by atoms with E-state index in [0.717, 1.165) is 11.6 Å². The van der Waals surface area contributed by atoms with E-state index in [4.69, 9.17) is 5.11 Å². The second-order valence-electron chi connectivity index (χ2n) is 3.22. The molecule has 0 aliphatic heterocycles. The number of fused-ring (bicyclic) bond motifs is 1. The lowest BCUT2D eigenvalue weighted by Gasteiger charge is -2.01. The number of carboxylic acids is 1. The summed E-state index contributed by atoms with van der Waals surface area (Å²) < 4.78 is 1.32. The molecule has 2 rings (SSSR count). The summed E-state index contributed by atoms with van der Waals surface area (Å²) in [5, 5.41) is 8.71. The van der Waals surface area contributed by atoms with E-state index in [1.807, 2.05) is 6.92 Å². The van der Waals surface area contributed by atoms with E-state index in [1.54, 1.807) is 18.3 Å². The smallest absolute Gasteiger partial charge is 0.354 e. The molecular formula is C10H8N2O3. The molecule has 0 spiro atoms. The molecule has 2 aromatic rings. The van der Waals surface area contributed by atoms with Gasteiger partial charge in [-0.25, -0.2) is 9.78 Å². The number of hydrogen-bond donors (Lipinski definition) is 1. The van der Waals surface area contributed by atoms with E-state index in [2.05, 4.69) is 4.98 Å².